The smallest absolute Gasteiger partial charge is 0.228 e. The van der Waals surface area contributed by atoms with Gasteiger partial charge < -0.3 is 15.0 Å². The van der Waals surface area contributed by atoms with E-state index in [4.69, 9.17) is 4.74 Å². The number of rotatable bonds is 2. The van der Waals surface area contributed by atoms with Gasteiger partial charge in [0.25, 0.3) is 0 Å². The molecular weight excluding hydrogens is 220 g/mol. The zero-order chi connectivity index (χ0) is 12.3. The van der Waals surface area contributed by atoms with Crippen molar-refractivity contribution in [3.05, 3.63) is 0 Å². The van der Waals surface area contributed by atoms with Gasteiger partial charge in [-0.2, -0.15) is 0 Å². The quantitative estimate of drug-likeness (QED) is 0.747. The molecule has 2 saturated heterocycles. The minimum Gasteiger partial charge on any atom is -0.376 e. The molecule has 5 nitrogen and oxygen atoms in total. The lowest BCUT2D eigenvalue weighted by Gasteiger charge is -2.25. The molecule has 1 N–H and O–H groups in total. The Morgan fingerprint density at radius 2 is 2.41 bits per heavy atom. The first kappa shape index (κ1) is 12.4. The fraction of sp³-hybridized carbons (Fsp3) is 0.833. The van der Waals surface area contributed by atoms with Crippen molar-refractivity contribution in [3.8, 4) is 0 Å². The van der Waals surface area contributed by atoms with E-state index in [1.165, 1.54) is 0 Å². The van der Waals surface area contributed by atoms with Crippen LogP contribution in [-0.4, -0.2) is 49.1 Å². The highest BCUT2D eigenvalue weighted by atomic mass is 16.5. The number of nitrogens with zero attached hydrogens (tertiary/aromatic N) is 1. The second kappa shape index (κ2) is 5.49. The molecule has 2 unspecified atom stereocenters. The Hall–Kier alpha value is -1.10. The van der Waals surface area contributed by atoms with Crippen molar-refractivity contribution in [2.24, 2.45) is 5.92 Å². The van der Waals surface area contributed by atoms with Gasteiger partial charge in [0.2, 0.25) is 11.8 Å². The normalized spacial score (nSPS) is 29.9. The Morgan fingerprint density at radius 1 is 1.59 bits per heavy atom. The monoisotopic (exact) mass is 240 g/mol. The zero-order valence-corrected chi connectivity index (χ0v) is 10.3. The van der Waals surface area contributed by atoms with Crippen LogP contribution >= 0.6 is 0 Å². The van der Waals surface area contributed by atoms with Crippen molar-refractivity contribution in [1.82, 2.24) is 10.2 Å². The predicted molar refractivity (Wildman–Crippen MR) is 62.3 cm³/mol. The molecule has 0 aliphatic carbocycles. The first-order chi connectivity index (χ1) is 8.20. The van der Waals surface area contributed by atoms with Gasteiger partial charge >= 0.3 is 0 Å². The molecule has 0 radical (unpaired) electrons. The molecule has 2 amide bonds. The molecule has 2 atom stereocenters. The lowest BCUT2D eigenvalue weighted by Crippen LogP contribution is -2.41. The molecule has 2 rings (SSSR count). The van der Waals surface area contributed by atoms with E-state index in [0.717, 1.165) is 26.0 Å². The summed E-state index contributed by atoms with van der Waals surface area (Å²) in [5.41, 5.74) is 0. The van der Waals surface area contributed by atoms with Crippen LogP contribution in [0.3, 0.4) is 0 Å². The second-order valence-corrected chi connectivity index (χ2v) is 4.74. The third-order valence-electron chi connectivity index (χ3n) is 3.44. The van der Waals surface area contributed by atoms with Gasteiger partial charge in [0.1, 0.15) is 0 Å². The number of carbonyl (C=O) groups is 2. The molecule has 2 heterocycles. The van der Waals surface area contributed by atoms with Gasteiger partial charge in [0.15, 0.2) is 0 Å². The Labute approximate surface area is 101 Å². The summed E-state index contributed by atoms with van der Waals surface area (Å²) in [7, 11) is 0. The molecule has 0 aromatic carbocycles. The van der Waals surface area contributed by atoms with Crippen molar-refractivity contribution in [2.75, 3.05) is 26.2 Å². The van der Waals surface area contributed by atoms with Gasteiger partial charge in [-0.1, -0.05) is 6.92 Å². The predicted octanol–water partition coefficient (Wildman–Crippen LogP) is 0.150. The van der Waals surface area contributed by atoms with Crippen LogP contribution in [0.15, 0.2) is 0 Å². The van der Waals surface area contributed by atoms with Gasteiger partial charge in [-0.05, 0) is 12.8 Å². The Morgan fingerprint density at radius 3 is 3.06 bits per heavy atom. The third-order valence-corrected chi connectivity index (χ3v) is 3.44. The van der Waals surface area contributed by atoms with Crippen LogP contribution in [-0.2, 0) is 14.3 Å². The summed E-state index contributed by atoms with van der Waals surface area (Å²) in [5, 5.41) is 2.71. The molecule has 2 aliphatic heterocycles. The van der Waals surface area contributed by atoms with E-state index in [-0.39, 0.29) is 23.8 Å². The highest BCUT2D eigenvalue weighted by Gasteiger charge is 2.32. The molecular formula is C12H20N2O3. The van der Waals surface area contributed by atoms with Gasteiger partial charge in [0.05, 0.1) is 12.0 Å². The summed E-state index contributed by atoms with van der Waals surface area (Å²) in [6.07, 6.45) is 2.29. The van der Waals surface area contributed by atoms with Crippen LogP contribution < -0.4 is 5.32 Å². The van der Waals surface area contributed by atoms with E-state index < -0.39 is 0 Å². The Balaban J connectivity index is 1.95. The number of amides is 2. The zero-order valence-electron chi connectivity index (χ0n) is 10.3. The minimum atomic E-state index is -0.168. The van der Waals surface area contributed by atoms with Crippen LogP contribution in [0.25, 0.3) is 0 Å². The van der Waals surface area contributed by atoms with E-state index in [1.807, 2.05) is 4.90 Å². The molecule has 5 heteroatoms. The van der Waals surface area contributed by atoms with Crippen molar-refractivity contribution in [3.63, 3.8) is 0 Å². The van der Waals surface area contributed by atoms with Crippen LogP contribution in [0.2, 0.25) is 0 Å². The Kier molecular flexibility index (Phi) is 3.99. The van der Waals surface area contributed by atoms with Crippen LogP contribution in [0.4, 0.5) is 0 Å². The minimum absolute atomic E-state index is 0.0125. The number of ether oxygens (including phenoxy) is 1. The molecule has 0 aromatic heterocycles. The summed E-state index contributed by atoms with van der Waals surface area (Å²) < 4.78 is 5.64. The SMILES string of the molecule is CCC1CN(C(=O)C2CNC(=O)C2)CCCO1. The molecule has 0 bridgehead atoms. The maximum Gasteiger partial charge on any atom is 0.228 e. The van der Waals surface area contributed by atoms with Crippen molar-refractivity contribution < 1.29 is 14.3 Å². The van der Waals surface area contributed by atoms with Crippen LogP contribution in [0, 0.1) is 5.92 Å². The number of carbonyl (C=O) groups excluding carboxylic acids is 2. The number of nitrogens with one attached hydrogen (secondary N) is 1. The van der Waals surface area contributed by atoms with Crippen LogP contribution in [0.1, 0.15) is 26.2 Å². The second-order valence-electron chi connectivity index (χ2n) is 4.74. The van der Waals surface area contributed by atoms with E-state index >= 15 is 0 Å². The standard InChI is InChI=1S/C12H20N2O3/c1-2-10-8-14(4-3-5-17-10)12(16)9-6-11(15)13-7-9/h9-10H,2-8H2,1H3,(H,13,15). The van der Waals surface area contributed by atoms with Gasteiger partial charge in [-0.25, -0.2) is 0 Å². The topological polar surface area (TPSA) is 58.6 Å². The van der Waals surface area contributed by atoms with Gasteiger partial charge in [-0.15, -0.1) is 0 Å². The maximum absolute atomic E-state index is 12.2. The van der Waals surface area contributed by atoms with Crippen molar-refractivity contribution in [2.45, 2.75) is 32.3 Å². The molecule has 0 spiro atoms. The molecule has 0 saturated carbocycles. The molecule has 0 aromatic rings. The molecule has 96 valence electrons. The van der Waals surface area contributed by atoms with E-state index in [1.54, 1.807) is 0 Å². The lowest BCUT2D eigenvalue weighted by molar-refractivity contribution is -0.136. The summed E-state index contributed by atoms with van der Waals surface area (Å²) >= 11 is 0. The highest BCUT2D eigenvalue weighted by Crippen LogP contribution is 2.16. The third kappa shape index (κ3) is 2.97. The average Bonchev–Trinajstić information content (AvgIpc) is 2.64. The van der Waals surface area contributed by atoms with Crippen LogP contribution in [0.5, 0.6) is 0 Å². The van der Waals surface area contributed by atoms with E-state index in [0.29, 0.717) is 19.5 Å². The number of hydrogen-bond donors (Lipinski definition) is 1. The molecule has 2 aliphatic rings. The lowest BCUT2D eigenvalue weighted by atomic mass is 10.1. The van der Waals surface area contributed by atoms with E-state index in [2.05, 4.69) is 12.2 Å². The highest BCUT2D eigenvalue weighted by molar-refractivity contribution is 5.89. The first-order valence-corrected chi connectivity index (χ1v) is 6.37. The first-order valence-electron chi connectivity index (χ1n) is 6.37. The number of hydrogen-bond acceptors (Lipinski definition) is 3. The summed E-state index contributed by atoms with van der Waals surface area (Å²) in [4.78, 5) is 25.2. The fourth-order valence-electron chi connectivity index (χ4n) is 2.38. The Bertz CT molecular complexity index is 306. The summed E-state index contributed by atoms with van der Waals surface area (Å²) in [6.45, 7) is 4.70. The van der Waals surface area contributed by atoms with Gasteiger partial charge in [-0.3, -0.25) is 9.59 Å². The van der Waals surface area contributed by atoms with E-state index in [9.17, 15) is 9.59 Å². The fourth-order valence-corrected chi connectivity index (χ4v) is 2.38. The average molecular weight is 240 g/mol. The maximum atomic E-state index is 12.2. The van der Waals surface area contributed by atoms with Crippen molar-refractivity contribution in [1.29, 1.82) is 0 Å². The largest absolute Gasteiger partial charge is 0.376 e. The summed E-state index contributed by atoms with van der Waals surface area (Å²) in [6, 6.07) is 0. The molecule has 17 heavy (non-hydrogen) atoms. The van der Waals surface area contributed by atoms with Gasteiger partial charge in [0, 0.05) is 32.7 Å². The molecule has 2 fully saturated rings. The summed E-state index contributed by atoms with van der Waals surface area (Å²) in [5.74, 6) is -0.0770. The van der Waals surface area contributed by atoms with Crippen molar-refractivity contribution >= 4 is 11.8 Å².